The summed E-state index contributed by atoms with van der Waals surface area (Å²) in [6.07, 6.45) is -3.96. The van der Waals surface area contributed by atoms with Crippen LogP contribution in [0, 0.1) is 10.7 Å². The highest BCUT2D eigenvalue weighted by Gasteiger charge is 2.56. The standard InChI is InChI=1S/C21H23I3N2O6/c1-2-9-11(22)6-12(23)15(16(9)24)8-3-4-10(13(25)5-8)20(30)21(31)19(26)18(29)17(28)14(7-27)32-21/h3-6,14,17-19,27-29,31H,2,7,25-26H2,1H3/t14-,17-,18+,19-,21?/m1/s1/i5D. The van der Waals surface area contributed by atoms with Gasteiger partial charge in [-0.3, -0.25) is 4.79 Å². The maximum Gasteiger partial charge on any atom is 0.250 e. The normalized spacial score (nSPS) is 28.5. The molecule has 11 heteroatoms. The average Bonchev–Trinajstić information content (AvgIpc) is 2.77. The molecule has 0 aromatic heterocycles. The lowest BCUT2D eigenvalue weighted by molar-refractivity contribution is -0.286. The first-order valence-electron chi connectivity index (χ1n) is 10.1. The fraction of sp³-hybridized carbons (Fsp3) is 0.381. The van der Waals surface area contributed by atoms with E-state index in [1.807, 2.05) is 13.0 Å². The molecule has 0 amide bonds. The minimum absolute atomic E-state index is 0.104. The number of Topliss-reactive ketones (excluding diaryl/α,β-unsaturated/α-hetero) is 1. The predicted molar refractivity (Wildman–Crippen MR) is 145 cm³/mol. The zero-order chi connectivity index (χ0) is 24.8. The molecule has 0 aliphatic carbocycles. The number of nitrogen functional groups attached to an aromatic ring is 1. The van der Waals surface area contributed by atoms with Gasteiger partial charge < -0.3 is 36.6 Å². The van der Waals surface area contributed by atoms with Crippen molar-refractivity contribution in [2.24, 2.45) is 5.73 Å². The Morgan fingerprint density at radius 3 is 2.50 bits per heavy atom. The highest BCUT2D eigenvalue weighted by molar-refractivity contribution is 14.1. The Bertz CT molecular complexity index is 1100. The smallest absolute Gasteiger partial charge is 0.250 e. The number of nitrogens with two attached hydrogens (primary N) is 2. The molecule has 2 aromatic carbocycles. The molecule has 0 spiro atoms. The van der Waals surface area contributed by atoms with Gasteiger partial charge >= 0.3 is 0 Å². The van der Waals surface area contributed by atoms with Crippen molar-refractivity contribution in [3.05, 3.63) is 46.1 Å². The van der Waals surface area contributed by atoms with E-state index in [1.54, 1.807) is 6.07 Å². The zero-order valence-electron chi connectivity index (χ0n) is 17.8. The van der Waals surface area contributed by atoms with Crippen molar-refractivity contribution in [3.8, 4) is 11.1 Å². The van der Waals surface area contributed by atoms with Crippen LogP contribution < -0.4 is 11.5 Å². The van der Waals surface area contributed by atoms with Crippen LogP contribution in [-0.4, -0.2) is 63.0 Å². The lowest BCUT2D eigenvalue weighted by atomic mass is 9.85. The van der Waals surface area contributed by atoms with Gasteiger partial charge in [-0.15, -0.1) is 0 Å². The molecule has 1 saturated heterocycles. The Balaban J connectivity index is 2.10. The minimum atomic E-state index is -2.75. The molecule has 8 N–H and O–H groups in total. The first-order chi connectivity index (χ1) is 15.4. The zero-order valence-corrected chi connectivity index (χ0v) is 23.3. The molecule has 1 heterocycles. The Morgan fingerprint density at radius 2 is 1.91 bits per heavy atom. The van der Waals surface area contributed by atoms with Crippen LogP contribution in [0.5, 0.6) is 0 Å². The SMILES string of the molecule is [2H]c1c(-c2c(I)cc(I)c(CC)c2I)ccc(C(=O)C2(O)O[C@H](CO)[C@@H](O)[C@H](O)[C@H]2N)c1N. The summed E-state index contributed by atoms with van der Waals surface area (Å²) in [7, 11) is 0. The van der Waals surface area contributed by atoms with E-state index in [2.05, 4.69) is 67.8 Å². The molecule has 32 heavy (non-hydrogen) atoms. The van der Waals surface area contributed by atoms with Crippen LogP contribution in [-0.2, 0) is 11.2 Å². The van der Waals surface area contributed by atoms with Crippen molar-refractivity contribution in [2.75, 3.05) is 12.3 Å². The van der Waals surface area contributed by atoms with E-state index in [-0.39, 0.29) is 17.3 Å². The van der Waals surface area contributed by atoms with Crippen molar-refractivity contribution in [2.45, 2.75) is 43.5 Å². The van der Waals surface area contributed by atoms with Crippen LogP contribution in [0.4, 0.5) is 5.69 Å². The third-order valence-corrected chi connectivity index (χ3v) is 8.50. The molecule has 1 fully saturated rings. The number of anilines is 1. The van der Waals surface area contributed by atoms with E-state index in [0.29, 0.717) is 5.56 Å². The molecule has 1 aliphatic rings. The number of carbonyl (C=O) groups is 1. The summed E-state index contributed by atoms with van der Waals surface area (Å²) in [4.78, 5) is 13.2. The quantitative estimate of drug-likeness (QED) is 0.152. The molecule has 0 saturated carbocycles. The number of aliphatic hydroxyl groups excluding tert-OH is 3. The van der Waals surface area contributed by atoms with E-state index in [0.717, 1.165) is 28.3 Å². The van der Waals surface area contributed by atoms with E-state index >= 15 is 0 Å². The van der Waals surface area contributed by atoms with Gasteiger partial charge in [0.2, 0.25) is 11.6 Å². The molecule has 174 valence electrons. The second-order valence-corrected chi connectivity index (χ2v) is 10.8. The molecule has 2 aromatic rings. The third kappa shape index (κ3) is 4.56. The Hall–Kier alpha value is -0.140. The molecule has 1 aliphatic heterocycles. The van der Waals surface area contributed by atoms with Crippen molar-refractivity contribution in [1.29, 1.82) is 0 Å². The minimum Gasteiger partial charge on any atom is -0.398 e. The van der Waals surface area contributed by atoms with Gasteiger partial charge in [0.05, 0.1) is 14.0 Å². The monoisotopic (exact) mass is 781 g/mol. The van der Waals surface area contributed by atoms with Gasteiger partial charge in [-0.05, 0) is 103 Å². The third-order valence-electron chi connectivity index (χ3n) is 5.50. The van der Waals surface area contributed by atoms with Crippen LogP contribution in [0.25, 0.3) is 11.1 Å². The molecule has 1 unspecified atom stereocenters. The lowest BCUT2D eigenvalue weighted by Crippen LogP contribution is -2.71. The summed E-state index contributed by atoms with van der Waals surface area (Å²) in [5.74, 6) is -3.83. The number of benzene rings is 2. The average molecular weight is 781 g/mol. The van der Waals surface area contributed by atoms with Gasteiger partial charge in [0.1, 0.15) is 18.3 Å². The Labute approximate surface area is 227 Å². The second kappa shape index (κ2) is 10.2. The van der Waals surface area contributed by atoms with E-state index in [9.17, 15) is 25.2 Å². The van der Waals surface area contributed by atoms with E-state index < -0.39 is 42.5 Å². The number of aliphatic hydroxyl groups is 4. The summed E-state index contributed by atoms with van der Waals surface area (Å²) in [6, 6.07) is 3.16. The number of hydrogen-bond donors (Lipinski definition) is 6. The largest absolute Gasteiger partial charge is 0.398 e. The predicted octanol–water partition coefficient (Wildman–Crippen LogP) is 1.62. The van der Waals surface area contributed by atoms with E-state index in [1.165, 1.54) is 6.07 Å². The molecular weight excluding hydrogens is 757 g/mol. The number of rotatable bonds is 5. The lowest BCUT2D eigenvalue weighted by Gasteiger charge is -2.45. The maximum atomic E-state index is 13.2. The van der Waals surface area contributed by atoms with Gasteiger partial charge in [0.25, 0.3) is 0 Å². The van der Waals surface area contributed by atoms with Crippen LogP contribution in [0.3, 0.4) is 0 Å². The van der Waals surface area contributed by atoms with Gasteiger partial charge in [-0.1, -0.05) is 13.0 Å². The number of ketones is 1. The molecular formula is C21H23I3N2O6. The highest BCUT2D eigenvalue weighted by Crippen LogP contribution is 2.38. The van der Waals surface area contributed by atoms with Gasteiger partial charge in [-0.2, -0.15) is 0 Å². The van der Waals surface area contributed by atoms with Crippen LogP contribution in [0.15, 0.2) is 24.2 Å². The van der Waals surface area contributed by atoms with Crippen LogP contribution >= 0.6 is 67.8 Å². The van der Waals surface area contributed by atoms with Gasteiger partial charge in [0, 0.05) is 27.5 Å². The second-order valence-electron chi connectivity index (χ2n) is 7.43. The Kier molecular flexibility index (Phi) is 7.98. The maximum absolute atomic E-state index is 13.2. The molecule has 3 rings (SSSR count). The highest BCUT2D eigenvalue weighted by atomic mass is 127. The number of carbonyl (C=O) groups excluding carboxylic acids is 1. The fourth-order valence-corrected chi connectivity index (χ4v) is 8.36. The van der Waals surface area contributed by atoms with Crippen molar-refractivity contribution in [3.63, 3.8) is 0 Å². The molecule has 0 bridgehead atoms. The number of halogens is 3. The van der Waals surface area contributed by atoms with Gasteiger partial charge in [-0.25, -0.2) is 0 Å². The first kappa shape index (κ1) is 25.0. The van der Waals surface area contributed by atoms with Crippen LogP contribution in [0.2, 0.25) is 0 Å². The first-order valence-corrected chi connectivity index (χ1v) is 12.9. The van der Waals surface area contributed by atoms with Crippen LogP contribution in [0.1, 0.15) is 24.2 Å². The number of ether oxygens (including phenoxy) is 1. The summed E-state index contributed by atoms with van der Waals surface area (Å²) in [5.41, 5.74) is 14.1. The topological polar surface area (TPSA) is 159 Å². The van der Waals surface area contributed by atoms with Crippen molar-refractivity contribution < 1.29 is 31.3 Å². The summed E-state index contributed by atoms with van der Waals surface area (Å²) < 4.78 is 16.9. The summed E-state index contributed by atoms with van der Waals surface area (Å²) >= 11 is 6.72. The van der Waals surface area contributed by atoms with E-state index in [4.69, 9.17) is 17.6 Å². The number of hydrogen-bond acceptors (Lipinski definition) is 8. The molecule has 5 atom stereocenters. The fourth-order valence-electron chi connectivity index (χ4n) is 3.64. The molecule has 8 nitrogen and oxygen atoms in total. The van der Waals surface area contributed by atoms with Crippen molar-refractivity contribution >= 4 is 79.2 Å². The van der Waals surface area contributed by atoms with Crippen molar-refractivity contribution in [1.82, 2.24) is 0 Å². The Morgan fingerprint density at radius 1 is 1.25 bits per heavy atom. The summed E-state index contributed by atoms with van der Waals surface area (Å²) in [5, 5.41) is 40.5. The molecule has 0 radical (unpaired) electrons. The summed E-state index contributed by atoms with van der Waals surface area (Å²) in [6.45, 7) is 1.29. The van der Waals surface area contributed by atoms with Gasteiger partial charge in [0.15, 0.2) is 0 Å².